The molecule has 0 spiro atoms. The molecule has 0 saturated carbocycles. The highest BCUT2D eigenvalue weighted by Crippen LogP contribution is 2.26. The van der Waals surface area contributed by atoms with E-state index in [0.717, 1.165) is 16.7 Å². The minimum Gasteiger partial charge on any atom is -0.189 e. The average molecular weight is 201 g/mol. The minimum atomic E-state index is -4.61. The Hall–Kier alpha value is -0.130. The number of hydrogen-bond donors (Lipinski definition) is 0. The van der Waals surface area contributed by atoms with Crippen molar-refractivity contribution in [2.45, 2.75) is 4.90 Å². The zero-order valence-corrected chi connectivity index (χ0v) is 6.93. The van der Waals surface area contributed by atoms with E-state index in [0.29, 0.717) is 0 Å². The highest BCUT2D eigenvalue weighted by molar-refractivity contribution is 7.86. The van der Waals surface area contributed by atoms with Gasteiger partial charge in [0.15, 0.2) is 0 Å². The molecule has 0 radical (unpaired) electrons. The van der Waals surface area contributed by atoms with E-state index in [1.165, 1.54) is 5.38 Å². The van der Waals surface area contributed by atoms with Gasteiger partial charge < -0.3 is 0 Å². The molecule has 0 fully saturated rings. The van der Waals surface area contributed by atoms with E-state index in [9.17, 15) is 12.3 Å². The summed E-state index contributed by atoms with van der Waals surface area (Å²) >= 11 is 6.36. The Morgan fingerprint density at radius 1 is 1.50 bits per heavy atom. The summed E-state index contributed by atoms with van der Waals surface area (Å²) in [6, 6.07) is 0. The van der Waals surface area contributed by atoms with Crippen molar-refractivity contribution < 1.29 is 12.3 Å². The van der Waals surface area contributed by atoms with E-state index < -0.39 is 15.1 Å². The van der Waals surface area contributed by atoms with E-state index in [1.807, 2.05) is 0 Å². The predicted molar refractivity (Wildman–Crippen MR) is 37.6 cm³/mol. The molecule has 0 bridgehead atoms. The van der Waals surface area contributed by atoms with Gasteiger partial charge in [0.1, 0.15) is 4.90 Å². The molecule has 0 unspecified atom stereocenters. The third-order valence-corrected chi connectivity index (χ3v) is 3.15. The second-order valence-electron chi connectivity index (χ2n) is 1.52. The molecule has 0 saturated heterocycles. The molecule has 1 heterocycles. The van der Waals surface area contributed by atoms with Gasteiger partial charge in [0.25, 0.3) is 0 Å². The van der Waals surface area contributed by atoms with Gasteiger partial charge in [-0.3, -0.25) is 0 Å². The zero-order chi connectivity index (χ0) is 7.78. The van der Waals surface area contributed by atoms with Gasteiger partial charge in [-0.15, -0.1) is 15.2 Å². The maximum atomic E-state index is 12.1. The lowest BCUT2D eigenvalue weighted by Crippen LogP contribution is -1.88. The fourth-order valence-electron chi connectivity index (χ4n) is 0.444. The van der Waals surface area contributed by atoms with Gasteiger partial charge in [0.05, 0.1) is 5.02 Å². The minimum absolute atomic E-state index is 0.0625. The van der Waals surface area contributed by atoms with Crippen LogP contribution in [0.25, 0.3) is 0 Å². The van der Waals surface area contributed by atoms with Crippen LogP contribution in [0.1, 0.15) is 0 Å². The Kier molecular flexibility index (Phi) is 1.98. The van der Waals surface area contributed by atoms with Crippen LogP contribution in [0.2, 0.25) is 5.02 Å². The Morgan fingerprint density at radius 3 is 2.30 bits per heavy atom. The highest BCUT2D eigenvalue weighted by atomic mass is 35.5. The number of hydrogen-bond acceptors (Lipinski definition) is 3. The van der Waals surface area contributed by atoms with E-state index in [4.69, 9.17) is 11.6 Å². The van der Waals surface area contributed by atoms with E-state index in [-0.39, 0.29) is 5.02 Å². The topological polar surface area (TPSA) is 34.1 Å². The van der Waals surface area contributed by atoms with Gasteiger partial charge >= 0.3 is 10.2 Å². The molecule has 1 rings (SSSR count). The Bertz CT molecular complexity index is 329. The lowest BCUT2D eigenvalue weighted by molar-refractivity contribution is 0.552. The molecular weight excluding hydrogens is 199 g/mol. The molecule has 0 N–H and O–H groups in total. The van der Waals surface area contributed by atoms with Gasteiger partial charge in [-0.1, -0.05) is 11.6 Å². The van der Waals surface area contributed by atoms with Crippen LogP contribution in [0.15, 0.2) is 15.7 Å². The van der Waals surface area contributed by atoms with Crippen molar-refractivity contribution >= 4 is 33.2 Å². The maximum absolute atomic E-state index is 12.1. The predicted octanol–water partition coefficient (Wildman–Crippen LogP) is 2.06. The number of rotatable bonds is 1. The largest absolute Gasteiger partial charge is 0.334 e. The lowest BCUT2D eigenvalue weighted by atomic mass is 10.7. The first-order valence-electron chi connectivity index (χ1n) is 2.18. The summed E-state index contributed by atoms with van der Waals surface area (Å²) in [6.45, 7) is 0. The van der Waals surface area contributed by atoms with Crippen LogP contribution < -0.4 is 0 Å². The maximum Gasteiger partial charge on any atom is 0.334 e. The molecule has 1 aromatic heterocycles. The molecule has 10 heavy (non-hydrogen) atoms. The first kappa shape index (κ1) is 7.97. The van der Waals surface area contributed by atoms with Crippen molar-refractivity contribution in [3.05, 3.63) is 15.8 Å². The Morgan fingerprint density at radius 2 is 2.10 bits per heavy atom. The van der Waals surface area contributed by atoms with Gasteiger partial charge in [-0.2, -0.15) is 8.42 Å². The van der Waals surface area contributed by atoms with Gasteiger partial charge in [-0.25, -0.2) is 0 Å². The highest BCUT2D eigenvalue weighted by Gasteiger charge is 2.16. The van der Waals surface area contributed by atoms with Gasteiger partial charge in [-0.05, 0) is 0 Å². The second-order valence-corrected chi connectivity index (χ2v) is 3.99. The summed E-state index contributed by atoms with van der Waals surface area (Å²) in [7, 11) is -4.61. The molecule has 0 aromatic carbocycles. The number of thiophene rings is 1. The summed E-state index contributed by atoms with van der Waals surface area (Å²) in [5.74, 6) is 0. The first-order chi connectivity index (χ1) is 4.52. The van der Waals surface area contributed by atoms with Crippen molar-refractivity contribution in [1.29, 1.82) is 0 Å². The normalized spacial score (nSPS) is 11.8. The summed E-state index contributed by atoms with van der Waals surface area (Å²) in [4.78, 5) is -0.445. The molecule has 0 aliphatic carbocycles. The van der Waals surface area contributed by atoms with Crippen LogP contribution in [-0.2, 0) is 10.2 Å². The molecular formula is C4H2ClFO2S2. The van der Waals surface area contributed by atoms with Crippen LogP contribution in [0.4, 0.5) is 3.89 Å². The monoisotopic (exact) mass is 200 g/mol. The fourth-order valence-corrected chi connectivity index (χ4v) is 2.55. The van der Waals surface area contributed by atoms with Crippen LogP contribution in [-0.4, -0.2) is 8.42 Å². The van der Waals surface area contributed by atoms with Crippen LogP contribution in [0.3, 0.4) is 0 Å². The van der Waals surface area contributed by atoms with E-state index in [2.05, 4.69) is 0 Å². The quantitative estimate of drug-likeness (QED) is 0.651. The lowest BCUT2D eigenvalue weighted by Gasteiger charge is -1.86. The molecule has 56 valence electrons. The smallest absolute Gasteiger partial charge is 0.189 e. The van der Waals surface area contributed by atoms with E-state index in [1.54, 1.807) is 0 Å². The average Bonchev–Trinajstić information content (AvgIpc) is 2.11. The number of halogens is 2. The molecule has 1 aromatic rings. The van der Waals surface area contributed by atoms with Crippen molar-refractivity contribution in [3.63, 3.8) is 0 Å². The third kappa shape index (κ3) is 1.47. The van der Waals surface area contributed by atoms with Gasteiger partial charge in [0.2, 0.25) is 0 Å². The summed E-state index contributed by atoms with van der Waals surface area (Å²) in [5.41, 5.74) is 0. The van der Waals surface area contributed by atoms with Crippen LogP contribution >= 0.6 is 22.9 Å². The molecule has 2 nitrogen and oxygen atoms in total. The first-order valence-corrected chi connectivity index (χ1v) is 4.88. The summed E-state index contributed by atoms with van der Waals surface area (Å²) in [6.07, 6.45) is 0. The summed E-state index contributed by atoms with van der Waals surface area (Å²) < 4.78 is 32.5. The molecule has 0 atom stereocenters. The van der Waals surface area contributed by atoms with Crippen molar-refractivity contribution in [2.75, 3.05) is 0 Å². The van der Waals surface area contributed by atoms with Crippen LogP contribution in [0.5, 0.6) is 0 Å². The van der Waals surface area contributed by atoms with E-state index >= 15 is 0 Å². The fraction of sp³-hybridized carbons (Fsp3) is 0. The van der Waals surface area contributed by atoms with Crippen molar-refractivity contribution in [1.82, 2.24) is 0 Å². The molecule has 0 aliphatic rings. The Balaban J connectivity index is 3.32. The Labute approximate surface area is 66.5 Å². The third-order valence-electron chi connectivity index (χ3n) is 0.845. The standard InChI is InChI=1S/C4H2ClFO2S2/c5-3-1-9-2-4(3)10(6,7)8/h1-2H. The van der Waals surface area contributed by atoms with Crippen LogP contribution in [0, 0.1) is 0 Å². The SMILES string of the molecule is O=S(=O)(F)c1cscc1Cl. The van der Waals surface area contributed by atoms with Crippen molar-refractivity contribution in [3.8, 4) is 0 Å². The zero-order valence-electron chi connectivity index (χ0n) is 4.54. The summed E-state index contributed by atoms with van der Waals surface area (Å²) in [5, 5.41) is 2.44. The molecule has 0 amide bonds. The van der Waals surface area contributed by atoms with Gasteiger partial charge in [0, 0.05) is 10.8 Å². The van der Waals surface area contributed by atoms with Crippen molar-refractivity contribution in [2.24, 2.45) is 0 Å². The second kappa shape index (κ2) is 2.48. The molecule has 0 aliphatic heterocycles. The molecule has 6 heteroatoms.